The summed E-state index contributed by atoms with van der Waals surface area (Å²) in [5.74, 6) is -0.418. The van der Waals surface area contributed by atoms with Gasteiger partial charge in [-0.05, 0) is 35.9 Å². The summed E-state index contributed by atoms with van der Waals surface area (Å²) in [6, 6.07) is 17.3. The lowest BCUT2D eigenvalue weighted by molar-refractivity contribution is 0.0843. The molecule has 2 amide bonds. The monoisotopic (exact) mass is 420 g/mol. The maximum atomic E-state index is 12.2. The van der Waals surface area contributed by atoms with E-state index in [-0.39, 0.29) is 5.69 Å². The van der Waals surface area contributed by atoms with Gasteiger partial charge in [-0.15, -0.1) is 0 Å². The number of fused-ring (bicyclic) bond motifs is 1. The van der Waals surface area contributed by atoms with Crippen LogP contribution in [0.3, 0.4) is 0 Å². The Balaban J connectivity index is 1.31. The molecule has 150 valence electrons. The van der Waals surface area contributed by atoms with Crippen LogP contribution in [0.2, 0.25) is 0 Å². The van der Waals surface area contributed by atoms with Gasteiger partial charge in [0, 0.05) is 17.4 Å². The minimum absolute atomic E-state index is 0.0205. The molecule has 0 unspecified atom stereocenters. The molecule has 0 fully saturated rings. The molecule has 0 aliphatic heterocycles. The summed E-state index contributed by atoms with van der Waals surface area (Å²) < 4.78 is 0. The third-order valence-corrected chi connectivity index (χ3v) is 5.11. The molecule has 30 heavy (non-hydrogen) atoms. The molecule has 0 aliphatic rings. The maximum Gasteiger partial charge on any atom is 0.290 e. The van der Waals surface area contributed by atoms with Gasteiger partial charge >= 0.3 is 0 Å². The van der Waals surface area contributed by atoms with E-state index in [1.807, 2.05) is 36.4 Å². The average molecular weight is 420 g/mol. The van der Waals surface area contributed by atoms with E-state index in [2.05, 4.69) is 31.0 Å². The number of aromatic amines is 2. The van der Waals surface area contributed by atoms with Crippen LogP contribution in [0, 0.1) is 0 Å². The van der Waals surface area contributed by atoms with E-state index in [1.165, 1.54) is 12.1 Å². The fraction of sp³-hybridized carbons (Fsp3) is 0.0500. The van der Waals surface area contributed by atoms with Crippen LogP contribution in [0.25, 0.3) is 11.0 Å². The van der Waals surface area contributed by atoms with Crippen LogP contribution < -0.4 is 16.4 Å². The van der Waals surface area contributed by atoms with Crippen molar-refractivity contribution in [3.05, 3.63) is 87.8 Å². The fourth-order valence-electron chi connectivity index (χ4n) is 2.62. The van der Waals surface area contributed by atoms with Crippen LogP contribution in [0.15, 0.2) is 70.6 Å². The highest BCUT2D eigenvalue weighted by molar-refractivity contribution is 7.98. The van der Waals surface area contributed by atoms with Crippen molar-refractivity contribution in [3.63, 3.8) is 0 Å². The highest BCUT2D eigenvalue weighted by Crippen LogP contribution is 2.23. The fourth-order valence-corrected chi connectivity index (χ4v) is 3.46. The minimum atomic E-state index is -0.640. The number of carbonyl (C=O) groups excluding carboxylic acids is 2. The highest BCUT2D eigenvalue weighted by Gasteiger charge is 2.11. The number of rotatable bonds is 5. The molecule has 4 N–H and O–H groups in total. The summed E-state index contributed by atoms with van der Waals surface area (Å²) in [4.78, 5) is 42.9. The second-order valence-corrected chi connectivity index (χ2v) is 7.22. The molecule has 4 rings (SSSR count). The van der Waals surface area contributed by atoms with E-state index in [1.54, 1.807) is 23.9 Å². The molecular formula is C20H16N6O3S. The number of hydrogen-bond donors (Lipinski definition) is 4. The van der Waals surface area contributed by atoms with Gasteiger partial charge in [0.05, 0.1) is 11.0 Å². The summed E-state index contributed by atoms with van der Waals surface area (Å²) in [5.41, 5.74) is 7.45. The number of hydrazine groups is 1. The van der Waals surface area contributed by atoms with Gasteiger partial charge < -0.3 is 4.98 Å². The first kappa shape index (κ1) is 19.4. The average Bonchev–Trinajstić information content (AvgIpc) is 3.20. The van der Waals surface area contributed by atoms with Crippen LogP contribution in [0.4, 0.5) is 0 Å². The van der Waals surface area contributed by atoms with Gasteiger partial charge in [-0.25, -0.2) is 10.1 Å². The standard InChI is InChI=1S/C20H16N6O3S/c27-17-10-9-16(23-24-17)19(29)26-25-18(28)13-7-5-12(6-8-13)11-30-20-21-14-3-1-2-4-15(14)22-20/h1-10H,11H2,(H,21,22)(H,24,27)(H,25,28)(H,26,29). The van der Waals surface area contributed by atoms with Crippen molar-refractivity contribution in [1.29, 1.82) is 0 Å². The predicted molar refractivity (Wildman–Crippen MR) is 112 cm³/mol. The quantitative estimate of drug-likeness (QED) is 0.288. The number of hydrogen-bond acceptors (Lipinski definition) is 6. The van der Waals surface area contributed by atoms with Crippen molar-refractivity contribution in [1.82, 2.24) is 31.0 Å². The number of nitrogens with zero attached hydrogens (tertiary/aromatic N) is 2. The second-order valence-electron chi connectivity index (χ2n) is 6.26. The summed E-state index contributed by atoms with van der Waals surface area (Å²) in [6.45, 7) is 0. The van der Waals surface area contributed by atoms with Gasteiger partial charge in [0.1, 0.15) is 0 Å². The zero-order valence-electron chi connectivity index (χ0n) is 15.5. The molecule has 0 radical (unpaired) electrons. The van der Waals surface area contributed by atoms with Gasteiger partial charge in [-0.2, -0.15) is 5.10 Å². The first-order chi connectivity index (χ1) is 14.6. The highest BCUT2D eigenvalue weighted by atomic mass is 32.2. The largest absolute Gasteiger partial charge is 0.333 e. The molecule has 4 aromatic rings. The van der Waals surface area contributed by atoms with Crippen molar-refractivity contribution < 1.29 is 9.59 Å². The van der Waals surface area contributed by atoms with Crippen LogP contribution in [-0.2, 0) is 5.75 Å². The Labute approximate surface area is 174 Å². The summed E-state index contributed by atoms with van der Waals surface area (Å²) in [7, 11) is 0. The van der Waals surface area contributed by atoms with E-state index in [0.717, 1.165) is 21.8 Å². The smallest absolute Gasteiger partial charge is 0.290 e. The first-order valence-corrected chi connectivity index (χ1v) is 9.90. The molecule has 2 heterocycles. The number of benzene rings is 2. The maximum absolute atomic E-state index is 12.2. The normalized spacial score (nSPS) is 10.7. The van der Waals surface area contributed by atoms with Crippen LogP contribution in [0.1, 0.15) is 26.4 Å². The Kier molecular flexibility index (Phi) is 5.57. The number of H-pyrrole nitrogens is 2. The third kappa shape index (κ3) is 4.55. The van der Waals surface area contributed by atoms with E-state index < -0.39 is 17.4 Å². The SMILES string of the molecule is O=C(NNC(=O)c1ccc(=O)[nH]n1)c1ccc(CSc2nc3ccccc3[nH]2)cc1. The van der Waals surface area contributed by atoms with E-state index >= 15 is 0 Å². The van der Waals surface area contributed by atoms with Crippen molar-refractivity contribution in [2.24, 2.45) is 0 Å². The predicted octanol–water partition coefficient (Wildman–Crippen LogP) is 2.01. The minimum Gasteiger partial charge on any atom is -0.333 e. The zero-order chi connectivity index (χ0) is 20.9. The number of para-hydroxylation sites is 2. The molecule has 0 atom stereocenters. The topological polar surface area (TPSA) is 133 Å². The molecule has 2 aromatic heterocycles. The summed E-state index contributed by atoms with van der Waals surface area (Å²) in [6.07, 6.45) is 0. The summed E-state index contributed by atoms with van der Waals surface area (Å²) in [5, 5.41) is 6.57. The van der Waals surface area contributed by atoms with Crippen molar-refractivity contribution in [3.8, 4) is 0 Å². The Morgan fingerprint density at radius 3 is 2.43 bits per heavy atom. The van der Waals surface area contributed by atoms with E-state index in [0.29, 0.717) is 11.3 Å². The lowest BCUT2D eigenvalue weighted by Crippen LogP contribution is -2.42. The second kappa shape index (κ2) is 8.62. The molecule has 0 saturated carbocycles. The molecule has 0 bridgehead atoms. The van der Waals surface area contributed by atoms with Gasteiger partial charge in [-0.1, -0.05) is 36.0 Å². The Morgan fingerprint density at radius 2 is 1.70 bits per heavy atom. The van der Waals surface area contributed by atoms with Gasteiger partial charge in [0.25, 0.3) is 17.4 Å². The number of carbonyl (C=O) groups is 2. The van der Waals surface area contributed by atoms with Gasteiger partial charge in [0.15, 0.2) is 10.9 Å². The van der Waals surface area contributed by atoms with Crippen LogP contribution in [-0.4, -0.2) is 32.0 Å². The van der Waals surface area contributed by atoms with Gasteiger partial charge in [-0.3, -0.25) is 25.2 Å². The van der Waals surface area contributed by atoms with Gasteiger partial charge in [0.2, 0.25) is 0 Å². The van der Waals surface area contributed by atoms with Crippen molar-refractivity contribution >= 4 is 34.6 Å². The number of nitrogens with one attached hydrogen (secondary N) is 4. The Morgan fingerprint density at radius 1 is 0.933 bits per heavy atom. The number of thioether (sulfide) groups is 1. The summed E-state index contributed by atoms with van der Waals surface area (Å²) >= 11 is 1.57. The van der Waals surface area contributed by atoms with Crippen molar-refractivity contribution in [2.45, 2.75) is 10.9 Å². The van der Waals surface area contributed by atoms with Crippen LogP contribution in [0.5, 0.6) is 0 Å². The first-order valence-electron chi connectivity index (χ1n) is 8.91. The number of imidazole rings is 1. The molecule has 0 aliphatic carbocycles. The molecule has 2 aromatic carbocycles. The third-order valence-electron chi connectivity index (χ3n) is 4.16. The van der Waals surface area contributed by atoms with E-state index in [9.17, 15) is 14.4 Å². The van der Waals surface area contributed by atoms with Crippen molar-refractivity contribution in [2.75, 3.05) is 0 Å². The number of aromatic nitrogens is 4. The molecular weight excluding hydrogens is 404 g/mol. The van der Waals surface area contributed by atoms with Crippen LogP contribution >= 0.6 is 11.8 Å². The lowest BCUT2D eigenvalue weighted by Gasteiger charge is -2.07. The molecule has 0 spiro atoms. The molecule has 9 nitrogen and oxygen atoms in total. The number of amides is 2. The van der Waals surface area contributed by atoms with E-state index in [4.69, 9.17) is 0 Å². The Hall–Kier alpha value is -3.92. The molecule has 10 heteroatoms. The Bertz CT molecular complexity index is 1210. The lowest BCUT2D eigenvalue weighted by atomic mass is 10.1. The zero-order valence-corrected chi connectivity index (χ0v) is 16.3. The molecule has 0 saturated heterocycles.